The quantitative estimate of drug-likeness (QED) is 0.890. The summed E-state index contributed by atoms with van der Waals surface area (Å²) in [5, 5.41) is 3.59. The predicted octanol–water partition coefficient (Wildman–Crippen LogP) is 2.38. The molecule has 1 aromatic carbocycles. The maximum Gasteiger partial charge on any atom is 0.127 e. The summed E-state index contributed by atoms with van der Waals surface area (Å²) in [6.07, 6.45) is 3.09. The van der Waals surface area contributed by atoms with Crippen LogP contribution in [0.4, 0.5) is 5.82 Å². The van der Waals surface area contributed by atoms with E-state index in [1.54, 1.807) is 0 Å². The van der Waals surface area contributed by atoms with Gasteiger partial charge in [-0.25, -0.2) is 4.98 Å². The summed E-state index contributed by atoms with van der Waals surface area (Å²) in [6, 6.07) is 13.2. The van der Waals surface area contributed by atoms with Gasteiger partial charge in [0.05, 0.1) is 6.04 Å². The maximum atomic E-state index is 4.51. The molecule has 1 aromatic heterocycles. The third kappa shape index (κ3) is 2.34. The highest BCUT2D eigenvalue weighted by Gasteiger charge is 2.20. The molecule has 0 amide bonds. The van der Waals surface area contributed by atoms with Gasteiger partial charge >= 0.3 is 0 Å². The number of rotatable bonds is 2. The van der Waals surface area contributed by atoms with Gasteiger partial charge in [-0.3, -0.25) is 0 Å². The Balaban J connectivity index is 1.95. The zero-order valence-corrected chi connectivity index (χ0v) is 11.4. The van der Waals surface area contributed by atoms with Crippen molar-refractivity contribution in [3.8, 4) is 0 Å². The molecule has 1 atom stereocenters. The molecule has 0 saturated heterocycles. The van der Waals surface area contributed by atoms with Crippen molar-refractivity contribution in [3.05, 3.63) is 59.3 Å². The molecule has 0 radical (unpaired) electrons. The monoisotopic (exact) mass is 253 g/mol. The van der Waals surface area contributed by atoms with E-state index in [1.807, 2.05) is 25.2 Å². The second kappa shape index (κ2) is 5.02. The van der Waals surface area contributed by atoms with E-state index in [0.29, 0.717) is 0 Å². The van der Waals surface area contributed by atoms with Crippen molar-refractivity contribution < 1.29 is 0 Å². The molecule has 0 bridgehead atoms. The van der Waals surface area contributed by atoms with Crippen LogP contribution in [0.15, 0.2) is 42.6 Å². The van der Waals surface area contributed by atoms with E-state index >= 15 is 0 Å². The molecule has 3 heteroatoms. The Morgan fingerprint density at radius 1 is 1.16 bits per heavy atom. The highest BCUT2D eigenvalue weighted by Crippen LogP contribution is 2.28. The zero-order chi connectivity index (χ0) is 13.2. The van der Waals surface area contributed by atoms with Crippen LogP contribution in [0.5, 0.6) is 0 Å². The molecule has 0 spiro atoms. The highest BCUT2D eigenvalue weighted by atomic mass is 15.1. The van der Waals surface area contributed by atoms with Gasteiger partial charge in [0.1, 0.15) is 5.82 Å². The summed E-state index contributed by atoms with van der Waals surface area (Å²) in [7, 11) is 4.02. The molecule has 3 nitrogen and oxygen atoms in total. The lowest BCUT2D eigenvalue weighted by molar-refractivity contribution is 0.566. The Labute approximate surface area is 114 Å². The van der Waals surface area contributed by atoms with Crippen molar-refractivity contribution in [1.29, 1.82) is 0 Å². The van der Waals surface area contributed by atoms with Crippen LogP contribution in [0.25, 0.3) is 0 Å². The molecule has 1 unspecified atom stereocenters. The van der Waals surface area contributed by atoms with Crippen LogP contribution in [-0.2, 0) is 6.42 Å². The number of nitrogens with one attached hydrogen (secondary N) is 1. The first-order valence-corrected chi connectivity index (χ1v) is 6.70. The van der Waals surface area contributed by atoms with Gasteiger partial charge in [-0.15, -0.1) is 0 Å². The number of nitrogens with zero attached hydrogens (tertiary/aromatic N) is 2. The lowest BCUT2D eigenvalue weighted by Crippen LogP contribution is -2.30. The smallest absolute Gasteiger partial charge is 0.127 e. The number of hydrogen-bond donors (Lipinski definition) is 1. The lowest BCUT2D eigenvalue weighted by Gasteiger charge is -2.27. The Kier molecular flexibility index (Phi) is 3.22. The number of fused-ring (bicyclic) bond motifs is 1. The molecule has 1 N–H and O–H groups in total. The summed E-state index contributed by atoms with van der Waals surface area (Å²) < 4.78 is 0. The van der Waals surface area contributed by atoms with Gasteiger partial charge in [0.25, 0.3) is 0 Å². The minimum Gasteiger partial charge on any atom is -0.363 e. The van der Waals surface area contributed by atoms with Crippen LogP contribution in [0.2, 0.25) is 0 Å². The van der Waals surface area contributed by atoms with Gasteiger partial charge in [-0.2, -0.15) is 0 Å². The molecule has 1 aliphatic rings. The van der Waals surface area contributed by atoms with E-state index < -0.39 is 0 Å². The van der Waals surface area contributed by atoms with E-state index in [2.05, 4.69) is 46.7 Å². The van der Waals surface area contributed by atoms with E-state index in [-0.39, 0.29) is 6.04 Å². The molecule has 0 fully saturated rings. The van der Waals surface area contributed by atoms with Crippen molar-refractivity contribution in [2.45, 2.75) is 12.5 Å². The first-order chi connectivity index (χ1) is 9.25. The average molecular weight is 253 g/mol. The van der Waals surface area contributed by atoms with Gasteiger partial charge in [0, 0.05) is 26.8 Å². The summed E-state index contributed by atoms with van der Waals surface area (Å²) in [5.74, 6) is 0.993. The van der Waals surface area contributed by atoms with Gasteiger partial charge in [0.2, 0.25) is 0 Å². The van der Waals surface area contributed by atoms with Gasteiger partial charge in [-0.1, -0.05) is 30.3 Å². The first kappa shape index (κ1) is 12.2. The molecule has 19 heavy (non-hydrogen) atoms. The van der Waals surface area contributed by atoms with Crippen LogP contribution in [0, 0.1) is 0 Å². The standard InChI is InChI=1S/C16H19N3/c1-19(2)15-8-7-13(11-18-15)16-14-6-4-3-5-12(14)9-10-17-16/h3-8,11,16-17H,9-10H2,1-2H3. The van der Waals surface area contributed by atoms with E-state index in [4.69, 9.17) is 0 Å². The first-order valence-electron chi connectivity index (χ1n) is 6.70. The summed E-state index contributed by atoms with van der Waals surface area (Å²) >= 11 is 0. The van der Waals surface area contributed by atoms with Crippen LogP contribution in [-0.4, -0.2) is 25.6 Å². The third-order valence-electron chi connectivity index (χ3n) is 3.67. The van der Waals surface area contributed by atoms with Crippen molar-refractivity contribution >= 4 is 5.82 Å². The Bertz CT molecular complexity index is 560. The number of hydrogen-bond acceptors (Lipinski definition) is 3. The van der Waals surface area contributed by atoms with Crippen molar-refractivity contribution in [2.75, 3.05) is 25.5 Å². The highest BCUT2D eigenvalue weighted by molar-refractivity contribution is 5.42. The second-order valence-corrected chi connectivity index (χ2v) is 5.18. The molecule has 2 heterocycles. The Hall–Kier alpha value is -1.87. The van der Waals surface area contributed by atoms with Crippen molar-refractivity contribution in [2.24, 2.45) is 0 Å². The fourth-order valence-electron chi connectivity index (χ4n) is 2.63. The van der Waals surface area contributed by atoms with Crippen LogP contribution < -0.4 is 10.2 Å². The third-order valence-corrected chi connectivity index (χ3v) is 3.67. The minimum atomic E-state index is 0.272. The number of benzene rings is 1. The van der Waals surface area contributed by atoms with Crippen LogP contribution >= 0.6 is 0 Å². The fraction of sp³-hybridized carbons (Fsp3) is 0.312. The molecule has 0 saturated carbocycles. The predicted molar refractivity (Wildman–Crippen MR) is 78.6 cm³/mol. The van der Waals surface area contributed by atoms with Crippen molar-refractivity contribution in [3.63, 3.8) is 0 Å². The topological polar surface area (TPSA) is 28.2 Å². The minimum absolute atomic E-state index is 0.272. The Morgan fingerprint density at radius 3 is 2.74 bits per heavy atom. The lowest BCUT2D eigenvalue weighted by atomic mass is 9.91. The molecule has 98 valence electrons. The summed E-state index contributed by atoms with van der Waals surface area (Å²) in [5.41, 5.74) is 4.06. The van der Waals surface area contributed by atoms with Gasteiger partial charge in [0.15, 0.2) is 0 Å². The van der Waals surface area contributed by atoms with E-state index in [0.717, 1.165) is 18.8 Å². The summed E-state index contributed by atoms with van der Waals surface area (Å²) in [6.45, 7) is 1.02. The number of anilines is 1. The molecule has 3 rings (SSSR count). The number of pyridine rings is 1. The SMILES string of the molecule is CN(C)c1ccc(C2NCCc3ccccc32)cn1. The number of aromatic nitrogens is 1. The van der Waals surface area contributed by atoms with E-state index in [1.165, 1.54) is 16.7 Å². The normalized spacial score (nSPS) is 17.9. The molecular formula is C16H19N3. The average Bonchev–Trinajstić information content (AvgIpc) is 2.47. The summed E-state index contributed by atoms with van der Waals surface area (Å²) in [4.78, 5) is 6.53. The fourth-order valence-corrected chi connectivity index (χ4v) is 2.63. The van der Waals surface area contributed by atoms with E-state index in [9.17, 15) is 0 Å². The maximum absolute atomic E-state index is 4.51. The van der Waals surface area contributed by atoms with Crippen LogP contribution in [0.3, 0.4) is 0 Å². The van der Waals surface area contributed by atoms with Gasteiger partial charge in [-0.05, 0) is 29.2 Å². The van der Waals surface area contributed by atoms with Gasteiger partial charge < -0.3 is 10.2 Å². The van der Waals surface area contributed by atoms with Crippen molar-refractivity contribution in [1.82, 2.24) is 10.3 Å². The largest absolute Gasteiger partial charge is 0.363 e. The molecular weight excluding hydrogens is 234 g/mol. The molecule has 1 aliphatic heterocycles. The molecule has 0 aliphatic carbocycles. The Morgan fingerprint density at radius 2 is 2.00 bits per heavy atom. The molecule has 2 aromatic rings. The second-order valence-electron chi connectivity index (χ2n) is 5.18. The van der Waals surface area contributed by atoms with Crippen LogP contribution in [0.1, 0.15) is 22.7 Å². The zero-order valence-electron chi connectivity index (χ0n) is 11.4.